The van der Waals surface area contributed by atoms with E-state index in [9.17, 15) is 4.79 Å². The van der Waals surface area contributed by atoms with Crippen LogP contribution in [0, 0.1) is 0 Å². The van der Waals surface area contributed by atoms with Crippen LogP contribution in [0.2, 0.25) is 0 Å². The lowest BCUT2D eigenvalue weighted by atomic mass is 10.1. The predicted molar refractivity (Wildman–Crippen MR) is 113 cm³/mol. The average molecular weight is 450 g/mol. The van der Waals surface area contributed by atoms with Gasteiger partial charge in [-0.2, -0.15) is 0 Å². The van der Waals surface area contributed by atoms with Gasteiger partial charge in [0.1, 0.15) is 16.7 Å². The fourth-order valence-corrected chi connectivity index (χ4v) is 4.16. The van der Waals surface area contributed by atoms with Crippen molar-refractivity contribution >= 4 is 55.0 Å². The lowest BCUT2D eigenvalue weighted by Crippen LogP contribution is -1.99. The van der Waals surface area contributed by atoms with E-state index < -0.39 is 0 Å². The molecule has 0 unspecified atom stereocenters. The Morgan fingerprint density at radius 3 is 2.69 bits per heavy atom. The van der Waals surface area contributed by atoms with Crippen LogP contribution in [0.25, 0.3) is 6.08 Å². The molecule has 0 aromatic heterocycles. The molecule has 0 aliphatic carbocycles. The van der Waals surface area contributed by atoms with Crippen molar-refractivity contribution in [3.63, 3.8) is 0 Å². The number of thioether (sulfide) groups is 2. The molecule has 0 saturated heterocycles. The average Bonchev–Trinajstić information content (AvgIpc) is 3.01. The Hall–Kier alpha value is -1.70. The maximum Gasteiger partial charge on any atom is 0.244 e. The molecule has 0 fully saturated rings. The molecular weight excluding hydrogens is 434 g/mol. The Balaban J connectivity index is 1.85. The van der Waals surface area contributed by atoms with Crippen LogP contribution in [0.4, 0.5) is 0 Å². The van der Waals surface area contributed by atoms with Gasteiger partial charge in [-0.1, -0.05) is 30.3 Å². The first-order valence-corrected chi connectivity index (χ1v) is 10.5. The maximum atomic E-state index is 12.0. The zero-order valence-electron chi connectivity index (χ0n) is 14.2. The molecule has 0 N–H and O–H groups in total. The largest absolute Gasteiger partial charge is 0.493 e. The number of carbonyl (C=O) groups excluding carboxylic acids is 1. The number of halogens is 1. The van der Waals surface area contributed by atoms with Crippen LogP contribution >= 0.6 is 39.5 Å². The third-order valence-electron chi connectivity index (χ3n) is 3.56. The summed E-state index contributed by atoms with van der Waals surface area (Å²) in [6.45, 7) is 0.437. The summed E-state index contributed by atoms with van der Waals surface area (Å²) in [4.78, 5) is 16.3. The van der Waals surface area contributed by atoms with Gasteiger partial charge >= 0.3 is 0 Å². The number of ether oxygens (including phenoxy) is 2. The van der Waals surface area contributed by atoms with Crippen molar-refractivity contribution in [1.82, 2.24) is 0 Å². The summed E-state index contributed by atoms with van der Waals surface area (Å²) in [5.41, 5.74) is 2.32. The highest BCUT2D eigenvalue weighted by Crippen LogP contribution is 2.38. The van der Waals surface area contributed by atoms with Crippen molar-refractivity contribution in [2.75, 3.05) is 13.4 Å². The van der Waals surface area contributed by atoms with Crippen molar-refractivity contribution < 1.29 is 14.3 Å². The lowest BCUT2D eigenvalue weighted by Gasteiger charge is -2.13. The summed E-state index contributed by atoms with van der Waals surface area (Å²) in [6.07, 6.45) is 3.66. The van der Waals surface area contributed by atoms with Crippen molar-refractivity contribution in [3.8, 4) is 11.5 Å². The highest BCUT2D eigenvalue weighted by atomic mass is 79.9. The molecule has 1 aliphatic rings. The zero-order valence-corrected chi connectivity index (χ0v) is 17.4. The quantitative estimate of drug-likeness (QED) is 0.574. The first kappa shape index (κ1) is 19.1. The number of aliphatic imine (C=N–C) groups is 1. The topological polar surface area (TPSA) is 47.9 Å². The minimum absolute atomic E-state index is 0.0474. The molecule has 7 heteroatoms. The van der Waals surface area contributed by atoms with Gasteiger partial charge in [0.15, 0.2) is 11.5 Å². The fraction of sp³-hybridized carbons (Fsp3) is 0.158. The molecule has 26 heavy (non-hydrogen) atoms. The molecule has 0 amide bonds. The summed E-state index contributed by atoms with van der Waals surface area (Å²) in [6, 6.07) is 13.6. The van der Waals surface area contributed by atoms with E-state index in [1.165, 1.54) is 11.8 Å². The van der Waals surface area contributed by atoms with Crippen LogP contribution in [0.3, 0.4) is 0 Å². The molecule has 0 spiro atoms. The normalized spacial score (nSPS) is 15.3. The van der Waals surface area contributed by atoms with E-state index in [1.54, 1.807) is 13.2 Å². The fourth-order valence-electron chi connectivity index (χ4n) is 2.33. The van der Waals surface area contributed by atoms with Crippen molar-refractivity contribution in [1.29, 1.82) is 0 Å². The SMILES string of the molecule is COc1cc(/C=C2/N=C(SC)SC2=O)cc(Br)c1OCc1ccccc1. The first-order valence-electron chi connectivity index (χ1n) is 7.71. The second kappa shape index (κ2) is 8.79. The maximum absolute atomic E-state index is 12.0. The van der Waals surface area contributed by atoms with Gasteiger partial charge in [0.05, 0.1) is 11.6 Å². The van der Waals surface area contributed by atoms with Crippen molar-refractivity contribution in [2.45, 2.75) is 6.61 Å². The van der Waals surface area contributed by atoms with E-state index in [0.717, 1.165) is 31.7 Å². The zero-order chi connectivity index (χ0) is 18.5. The molecule has 0 bridgehead atoms. The van der Waals surface area contributed by atoms with Gasteiger partial charge in [0.25, 0.3) is 0 Å². The van der Waals surface area contributed by atoms with Gasteiger partial charge in [-0.3, -0.25) is 4.79 Å². The number of benzene rings is 2. The smallest absolute Gasteiger partial charge is 0.244 e. The molecule has 0 radical (unpaired) electrons. The molecular formula is C19H16BrNO3S2. The second-order valence-electron chi connectivity index (χ2n) is 5.31. The highest BCUT2D eigenvalue weighted by molar-refractivity contribution is 9.10. The van der Waals surface area contributed by atoms with E-state index in [0.29, 0.717) is 23.8 Å². The molecule has 2 aromatic rings. The molecule has 1 heterocycles. The van der Waals surface area contributed by atoms with Crippen molar-refractivity contribution in [2.24, 2.45) is 4.99 Å². The summed E-state index contributed by atoms with van der Waals surface area (Å²) >= 11 is 6.16. The number of carbonyl (C=O) groups is 1. The molecule has 2 aromatic carbocycles. The standard InChI is InChI=1S/C19H16BrNO3S2/c1-23-16-10-13(9-15-18(22)26-19(21-15)25-2)8-14(20)17(16)24-11-12-6-4-3-5-7-12/h3-10H,11H2,1-2H3/b15-9+. The van der Waals surface area contributed by atoms with E-state index >= 15 is 0 Å². The van der Waals surface area contributed by atoms with E-state index in [-0.39, 0.29) is 5.12 Å². The van der Waals surface area contributed by atoms with E-state index in [2.05, 4.69) is 20.9 Å². The van der Waals surface area contributed by atoms with Crippen LogP contribution in [-0.2, 0) is 11.4 Å². The van der Waals surface area contributed by atoms with Crippen LogP contribution in [-0.4, -0.2) is 22.9 Å². The second-order valence-corrected chi connectivity index (χ2v) is 8.18. The van der Waals surface area contributed by atoms with Gasteiger partial charge in [0.2, 0.25) is 5.12 Å². The number of rotatable bonds is 5. The molecule has 1 aliphatic heterocycles. The summed E-state index contributed by atoms with van der Waals surface area (Å²) in [5.74, 6) is 1.22. The van der Waals surface area contributed by atoms with Crippen LogP contribution in [0.1, 0.15) is 11.1 Å². The molecule has 0 saturated carbocycles. The minimum atomic E-state index is -0.0474. The van der Waals surface area contributed by atoms with Crippen LogP contribution < -0.4 is 9.47 Å². The van der Waals surface area contributed by atoms with Crippen molar-refractivity contribution in [3.05, 3.63) is 63.8 Å². The van der Waals surface area contributed by atoms with Crippen LogP contribution in [0.5, 0.6) is 11.5 Å². The highest BCUT2D eigenvalue weighted by Gasteiger charge is 2.22. The Bertz CT molecular complexity index is 882. The van der Waals surface area contributed by atoms with E-state index in [4.69, 9.17) is 9.47 Å². The molecule has 134 valence electrons. The predicted octanol–water partition coefficient (Wildman–Crippen LogP) is 5.37. The molecule has 3 rings (SSSR count). The van der Waals surface area contributed by atoms with E-state index in [1.807, 2.05) is 48.7 Å². The minimum Gasteiger partial charge on any atom is -0.493 e. The first-order chi connectivity index (χ1) is 12.6. The van der Waals surface area contributed by atoms with Gasteiger partial charge < -0.3 is 9.47 Å². The molecule has 4 nitrogen and oxygen atoms in total. The number of nitrogens with zero attached hydrogens (tertiary/aromatic N) is 1. The monoisotopic (exact) mass is 449 g/mol. The Morgan fingerprint density at radius 1 is 1.27 bits per heavy atom. The number of hydrogen-bond donors (Lipinski definition) is 0. The Morgan fingerprint density at radius 2 is 2.04 bits per heavy atom. The Labute approximate surface area is 169 Å². The third kappa shape index (κ3) is 4.52. The van der Waals surface area contributed by atoms with Gasteiger partial charge in [-0.15, -0.1) is 11.8 Å². The third-order valence-corrected chi connectivity index (χ3v) is 6.00. The summed E-state index contributed by atoms with van der Waals surface area (Å²) in [7, 11) is 1.59. The van der Waals surface area contributed by atoms with Gasteiger partial charge in [0, 0.05) is 0 Å². The van der Waals surface area contributed by atoms with Gasteiger partial charge in [-0.05, 0) is 63.3 Å². The molecule has 0 atom stereocenters. The summed E-state index contributed by atoms with van der Waals surface area (Å²) in [5, 5.41) is -0.0474. The number of methoxy groups -OCH3 is 1. The number of hydrogen-bond acceptors (Lipinski definition) is 6. The lowest BCUT2D eigenvalue weighted by molar-refractivity contribution is -0.107. The van der Waals surface area contributed by atoms with Gasteiger partial charge in [-0.25, -0.2) is 4.99 Å². The Kier molecular flexibility index (Phi) is 6.45. The summed E-state index contributed by atoms with van der Waals surface area (Å²) < 4.78 is 12.9. The van der Waals surface area contributed by atoms with Crippen LogP contribution in [0.15, 0.2) is 57.6 Å².